The molecule has 0 spiro atoms. The lowest BCUT2D eigenvalue weighted by Gasteiger charge is -2.22. The highest BCUT2D eigenvalue weighted by molar-refractivity contribution is 5.78. The van der Waals surface area contributed by atoms with Crippen LogP contribution in [0.5, 0.6) is 0 Å². The maximum absolute atomic E-state index is 12.2. The Morgan fingerprint density at radius 1 is 1.53 bits per heavy atom. The Balaban J connectivity index is 2.48. The molecule has 0 aromatic carbocycles. The van der Waals surface area contributed by atoms with E-state index in [-0.39, 0.29) is 11.8 Å². The van der Waals surface area contributed by atoms with Gasteiger partial charge in [-0.05, 0) is 12.8 Å². The number of carbonyl (C=O) groups is 1. The standard InChI is InChI=1S/C12H22N4O/c1-4-6-7-10(5-2)12(17)16(3)8-11-13-9-14-15-11/h9-10H,4-8H2,1-3H3,(H,13,14,15). The van der Waals surface area contributed by atoms with Crippen molar-refractivity contribution in [2.24, 2.45) is 5.92 Å². The summed E-state index contributed by atoms with van der Waals surface area (Å²) < 4.78 is 0. The lowest BCUT2D eigenvalue weighted by Crippen LogP contribution is -2.32. The van der Waals surface area contributed by atoms with Gasteiger partial charge in [-0.3, -0.25) is 9.89 Å². The van der Waals surface area contributed by atoms with E-state index in [1.807, 2.05) is 7.05 Å². The Hall–Kier alpha value is -1.39. The van der Waals surface area contributed by atoms with Crippen molar-refractivity contribution in [1.82, 2.24) is 20.1 Å². The Morgan fingerprint density at radius 3 is 2.82 bits per heavy atom. The highest BCUT2D eigenvalue weighted by atomic mass is 16.2. The average molecular weight is 238 g/mol. The molecule has 0 aliphatic rings. The number of rotatable bonds is 7. The first kappa shape index (κ1) is 13.7. The molecule has 0 bridgehead atoms. The minimum Gasteiger partial charge on any atom is -0.338 e. The SMILES string of the molecule is CCCCC(CC)C(=O)N(C)Cc1ncn[nH]1. The number of H-pyrrole nitrogens is 1. The zero-order valence-electron chi connectivity index (χ0n) is 10.9. The lowest BCUT2D eigenvalue weighted by atomic mass is 9.98. The monoisotopic (exact) mass is 238 g/mol. The van der Waals surface area contributed by atoms with Gasteiger partial charge in [-0.2, -0.15) is 5.10 Å². The second-order valence-electron chi connectivity index (χ2n) is 4.37. The van der Waals surface area contributed by atoms with Gasteiger partial charge in [0.2, 0.25) is 5.91 Å². The summed E-state index contributed by atoms with van der Waals surface area (Å²) >= 11 is 0. The van der Waals surface area contributed by atoms with Crippen LogP contribution in [0.4, 0.5) is 0 Å². The van der Waals surface area contributed by atoms with Crippen LogP contribution < -0.4 is 0 Å². The van der Waals surface area contributed by atoms with Crippen molar-refractivity contribution >= 4 is 5.91 Å². The fourth-order valence-corrected chi connectivity index (χ4v) is 1.87. The summed E-state index contributed by atoms with van der Waals surface area (Å²) in [6.07, 6.45) is 5.59. The van der Waals surface area contributed by atoms with Gasteiger partial charge >= 0.3 is 0 Å². The average Bonchev–Trinajstić information content (AvgIpc) is 2.82. The van der Waals surface area contributed by atoms with Crippen molar-refractivity contribution in [3.8, 4) is 0 Å². The molecular weight excluding hydrogens is 216 g/mol. The molecule has 1 aromatic rings. The van der Waals surface area contributed by atoms with E-state index in [0.29, 0.717) is 6.54 Å². The van der Waals surface area contributed by atoms with E-state index in [1.54, 1.807) is 4.90 Å². The van der Waals surface area contributed by atoms with Crippen molar-refractivity contribution in [3.63, 3.8) is 0 Å². The van der Waals surface area contributed by atoms with Gasteiger partial charge in [0.15, 0.2) is 0 Å². The summed E-state index contributed by atoms with van der Waals surface area (Å²) in [7, 11) is 1.82. The molecule has 0 aliphatic carbocycles. The number of nitrogens with zero attached hydrogens (tertiary/aromatic N) is 3. The molecule has 0 fully saturated rings. The Morgan fingerprint density at radius 2 is 2.29 bits per heavy atom. The van der Waals surface area contributed by atoms with E-state index in [2.05, 4.69) is 29.0 Å². The Labute approximate surface area is 103 Å². The molecule has 1 atom stereocenters. The third-order valence-electron chi connectivity index (χ3n) is 2.98. The van der Waals surface area contributed by atoms with Gasteiger partial charge in [-0.25, -0.2) is 4.98 Å². The summed E-state index contributed by atoms with van der Waals surface area (Å²) in [6.45, 7) is 4.72. The molecule has 1 amide bonds. The van der Waals surface area contributed by atoms with Crippen LogP contribution in [0.2, 0.25) is 0 Å². The molecule has 5 nitrogen and oxygen atoms in total. The van der Waals surface area contributed by atoms with Crippen LogP contribution in [0.25, 0.3) is 0 Å². The Kier molecular flexibility index (Phi) is 5.66. The first-order valence-corrected chi connectivity index (χ1v) is 6.28. The lowest BCUT2D eigenvalue weighted by molar-refractivity contribution is -0.135. The molecule has 1 N–H and O–H groups in total. The van der Waals surface area contributed by atoms with E-state index in [9.17, 15) is 4.79 Å². The molecule has 0 saturated carbocycles. The predicted octanol–water partition coefficient (Wildman–Crippen LogP) is 1.98. The predicted molar refractivity (Wildman–Crippen MR) is 66.2 cm³/mol. The van der Waals surface area contributed by atoms with Gasteiger partial charge in [-0.1, -0.05) is 26.7 Å². The molecule has 17 heavy (non-hydrogen) atoms. The zero-order chi connectivity index (χ0) is 12.7. The fraction of sp³-hybridized carbons (Fsp3) is 0.750. The van der Waals surface area contributed by atoms with Gasteiger partial charge in [0.1, 0.15) is 12.2 Å². The van der Waals surface area contributed by atoms with Gasteiger partial charge in [-0.15, -0.1) is 0 Å². The number of aromatic amines is 1. The molecule has 1 heterocycles. The van der Waals surface area contributed by atoms with Crippen molar-refractivity contribution < 1.29 is 4.79 Å². The maximum Gasteiger partial charge on any atom is 0.225 e. The van der Waals surface area contributed by atoms with Crippen LogP contribution >= 0.6 is 0 Å². The minimum atomic E-state index is 0.142. The molecular formula is C12H22N4O. The normalized spacial score (nSPS) is 12.4. The van der Waals surface area contributed by atoms with Crippen LogP contribution in [0.3, 0.4) is 0 Å². The van der Waals surface area contributed by atoms with E-state index in [1.165, 1.54) is 6.33 Å². The molecule has 1 rings (SSSR count). The number of carbonyl (C=O) groups excluding carboxylic acids is 1. The first-order valence-electron chi connectivity index (χ1n) is 6.28. The smallest absolute Gasteiger partial charge is 0.225 e. The van der Waals surface area contributed by atoms with Crippen LogP contribution in [0.1, 0.15) is 45.4 Å². The number of aromatic nitrogens is 3. The van der Waals surface area contributed by atoms with Crippen molar-refractivity contribution in [3.05, 3.63) is 12.2 Å². The van der Waals surface area contributed by atoms with Crippen LogP contribution in [0, 0.1) is 5.92 Å². The number of hydrogen-bond acceptors (Lipinski definition) is 3. The molecule has 0 saturated heterocycles. The first-order chi connectivity index (χ1) is 8.19. The third-order valence-corrected chi connectivity index (χ3v) is 2.98. The highest BCUT2D eigenvalue weighted by Gasteiger charge is 2.20. The molecule has 5 heteroatoms. The summed E-state index contributed by atoms with van der Waals surface area (Å²) in [5, 5.41) is 6.54. The zero-order valence-corrected chi connectivity index (χ0v) is 10.9. The Bertz CT molecular complexity index is 323. The molecule has 0 aliphatic heterocycles. The summed E-state index contributed by atoms with van der Waals surface area (Å²) in [6, 6.07) is 0. The quantitative estimate of drug-likeness (QED) is 0.790. The fourth-order valence-electron chi connectivity index (χ4n) is 1.87. The van der Waals surface area contributed by atoms with E-state index < -0.39 is 0 Å². The molecule has 0 radical (unpaired) electrons. The molecule has 1 aromatic heterocycles. The van der Waals surface area contributed by atoms with E-state index in [4.69, 9.17) is 0 Å². The third kappa shape index (κ3) is 4.17. The number of unbranched alkanes of at least 4 members (excludes halogenated alkanes) is 1. The summed E-state index contributed by atoms with van der Waals surface area (Å²) in [4.78, 5) is 17.9. The van der Waals surface area contributed by atoms with Gasteiger partial charge in [0.05, 0.1) is 6.54 Å². The summed E-state index contributed by atoms with van der Waals surface area (Å²) in [5.74, 6) is 1.08. The molecule has 96 valence electrons. The second kappa shape index (κ2) is 7.04. The van der Waals surface area contributed by atoms with Crippen LogP contribution in [0.15, 0.2) is 6.33 Å². The van der Waals surface area contributed by atoms with Crippen molar-refractivity contribution in [2.45, 2.75) is 46.1 Å². The van der Waals surface area contributed by atoms with Gasteiger partial charge in [0.25, 0.3) is 0 Å². The van der Waals surface area contributed by atoms with Gasteiger partial charge in [0, 0.05) is 13.0 Å². The number of amides is 1. The topological polar surface area (TPSA) is 61.9 Å². The second-order valence-corrected chi connectivity index (χ2v) is 4.37. The number of hydrogen-bond donors (Lipinski definition) is 1. The van der Waals surface area contributed by atoms with E-state index in [0.717, 1.165) is 31.5 Å². The maximum atomic E-state index is 12.2. The minimum absolute atomic E-state index is 0.142. The van der Waals surface area contributed by atoms with Crippen molar-refractivity contribution in [2.75, 3.05) is 7.05 Å². The number of nitrogens with one attached hydrogen (secondary N) is 1. The van der Waals surface area contributed by atoms with Crippen molar-refractivity contribution in [1.29, 1.82) is 0 Å². The van der Waals surface area contributed by atoms with E-state index >= 15 is 0 Å². The summed E-state index contributed by atoms with van der Waals surface area (Å²) in [5.41, 5.74) is 0. The van der Waals surface area contributed by atoms with Crippen LogP contribution in [-0.4, -0.2) is 33.0 Å². The van der Waals surface area contributed by atoms with Crippen LogP contribution in [-0.2, 0) is 11.3 Å². The molecule has 1 unspecified atom stereocenters. The van der Waals surface area contributed by atoms with Gasteiger partial charge < -0.3 is 4.90 Å². The largest absolute Gasteiger partial charge is 0.338 e. The highest BCUT2D eigenvalue weighted by Crippen LogP contribution is 2.15.